The molecule has 6 nitrogen and oxygen atoms in total. The van der Waals surface area contributed by atoms with E-state index in [0.717, 1.165) is 19.4 Å². The third kappa shape index (κ3) is 4.06. The van der Waals surface area contributed by atoms with Gasteiger partial charge >= 0.3 is 0 Å². The number of oxime groups is 1. The Labute approximate surface area is 94.8 Å². The van der Waals surface area contributed by atoms with Gasteiger partial charge in [0.2, 0.25) is 5.91 Å². The van der Waals surface area contributed by atoms with Crippen LogP contribution >= 0.6 is 0 Å². The van der Waals surface area contributed by atoms with E-state index in [0.29, 0.717) is 18.4 Å². The van der Waals surface area contributed by atoms with Crippen LogP contribution in [-0.4, -0.2) is 36.2 Å². The molecule has 0 aliphatic heterocycles. The van der Waals surface area contributed by atoms with Gasteiger partial charge in [-0.15, -0.1) is 0 Å². The second-order valence-electron chi connectivity index (χ2n) is 3.99. The van der Waals surface area contributed by atoms with E-state index in [4.69, 9.17) is 15.7 Å². The van der Waals surface area contributed by atoms with Crippen LogP contribution in [-0.2, 0) is 9.53 Å². The van der Waals surface area contributed by atoms with Crippen molar-refractivity contribution >= 4 is 11.7 Å². The van der Waals surface area contributed by atoms with Gasteiger partial charge in [0.15, 0.2) is 5.84 Å². The lowest BCUT2D eigenvalue weighted by molar-refractivity contribution is -0.124. The first kappa shape index (κ1) is 12.8. The number of nitrogens with one attached hydrogen (secondary N) is 1. The van der Waals surface area contributed by atoms with Gasteiger partial charge in [-0.05, 0) is 25.7 Å². The highest BCUT2D eigenvalue weighted by Gasteiger charge is 2.30. The number of amidine groups is 1. The second-order valence-corrected chi connectivity index (χ2v) is 3.99. The Bertz CT molecular complexity index is 262. The zero-order valence-electron chi connectivity index (χ0n) is 9.48. The summed E-state index contributed by atoms with van der Waals surface area (Å²) in [5.41, 5.74) is 5.23. The maximum Gasteiger partial charge on any atom is 0.220 e. The van der Waals surface area contributed by atoms with Crippen LogP contribution in [0.15, 0.2) is 5.16 Å². The molecule has 0 aromatic carbocycles. The molecule has 0 heterocycles. The molecule has 6 heteroatoms. The van der Waals surface area contributed by atoms with Gasteiger partial charge in [0.05, 0.1) is 12.6 Å². The summed E-state index contributed by atoms with van der Waals surface area (Å²) < 4.78 is 5.40. The van der Waals surface area contributed by atoms with Crippen LogP contribution in [0.2, 0.25) is 0 Å². The molecule has 0 spiro atoms. The maximum absolute atomic E-state index is 11.4. The number of nitrogens with zero attached hydrogens (tertiary/aromatic N) is 1. The van der Waals surface area contributed by atoms with E-state index in [1.807, 2.05) is 6.92 Å². The normalized spacial score (nSPS) is 24.9. The van der Waals surface area contributed by atoms with Crippen LogP contribution in [0.1, 0.15) is 26.2 Å². The van der Waals surface area contributed by atoms with E-state index in [1.165, 1.54) is 0 Å². The Morgan fingerprint density at radius 2 is 2.31 bits per heavy atom. The van der Waals surface area contributed by atoms with Crippen molar-refractivity contribution in [3.05, 3.63) is 0 Å². The molecule has 0 saturated heterocycles. The Morgan fingerprint density at radius 1 is 1.62 bits per heavy atom. The molecule has 1 aliphatic carbocycles. The van der Waals surface area contributed by atoms with Crippen molar-refractivity contribution < 1.29 is 14.7 Å². The molecule has 1 amide bonds. The van der Waals surface area contributed by atoms with E-state index in [1.54, 1.807) is 0 Å². The molecule has 1 aliphatic rings. The number of rotatable bonds is 6. The van der Waals surface area contributed by atoms with E-state index in [2.05, 4.69) is 10.5 Å². The monoisotopic (exact) mass is 229 g/mol. The summed E-state index contributed by atoms with van der Waals surface area (Å²) in [5.74, 6) is 0.351. The molecule has 0 unspecified atom stereocenters. The van der Waals surface area contributed by atoms with E-state index >= 15 is 0 Å². The summed E-state index contributed by atoms with van der Waals surface area (Å²) in [6.07, 6.45) is 2.71. The number of carbonyl (C=O) groups is 1. The zero-order chi connectivity index (χ0) is 12.0. The van der Waals surface area contributed by atoms with Crippen molar-refractivity contribution in [3.8, 4) is 0 Å². The highest BCUT2D eigenvalue weighted by Crippen LogP contribution is 2.32. The van der Waals surface area contributed by atoms with E-state index < -0.39 is 0 Å². The lowest BCUT2D eigenvalue weighted by Gasteiger charge is -2.34. The third-order valence-electron chi connectivity index (χ3n) is 2.66. The largest absolute Gasteiger partial charge is 0.409 e. The van der Waals surface area contributed by atoms with E-state index in [9.17, 15) is 4.79 Å². The lowest BCUT2D eigenvalue weighted by Crippen LogP contribution is -2.38. The number of amides is 1. The molecule has 1 saturated carbocycles. The predicted molar refractivity (Wildman–Crippen MR) is 59.2 cm³/mol. The smallest absolute Gasteiger partial charge is 0.220 e. The van der Waals surface area contributed by atoms with Crippen molar-refractivity contribution in [2.45, 2.75) is 32.3 Å². The molecule has 1 rings (SSSR count). The lowest BCUT2D eigenvalue weighted by atomic mass is 9.80. The Kier molecular flexibility index (Phi) is 5.04. The molecule has 0 atom stereocenters. The highest BCUT2D eigenvalue weighted by atomic mass is 16.5. The molecular weight excluding hydrogens is 210 g/mol. The highest BCUT2D eigenvalue weighted by molar-refractivity contribution is 5.86. The van der Waals surface area contributed by atoms with Crippen molar-refractivity contribution in [3.63, 3.8) is 0 Å². The van der Waals surface area contributed by atoms with Crippen LogP contribution < -0.4 is 11.1 Å². The average Bonchev–Trinajstić information content (AvgIpc) is 2.23. The summed E-state index contributed by atoms with van der Waals surface area (Å²) in [6.45, 7) is 2.79. The summed E-state index contributed by atoms with van der Waals surface area (Å²) in [7, 11) is 0. The van der Waals surface area contributed by atoms with E-state index in [-0.39, 0.29) is 18.3 Å². The van der Waals surface area contributed by atoms with Gasteiger partial charge in [-0.25, -0.2) is 0 Å². The molecule has 4 N–H and O–H groups in total. The topological polar surface area (TPSA) is 96.9 Å². The first-order valence-electron chi connectivity index (χ1n) is 5.50. The fraction of sp³-hybridized carbons (Fsp3) is 0.800. The van der Waals surface area contributed by atoms with Gasteiger partial charge in [0.25, 0.3) is 0 Å². The summed E-state index contributed by atoms with van der Waals surface area (Å²) >= 11 is 0. The van der Waals surface area contributed by atoms with Crippen LogP contribution in [0.25, 0.3) is 0 Å². The number of ether oxygens (including phenoxy) is 1. The summed E-state index contributed by atoms with van der Waals surface area (Å²) in [6, 6.07) is 0. The molecule has 16 heavy (non-hydrogen) atoms. The first-order valence-corrected chi connectivity index (χ1v) is 5.50. The third-order valence-corrected chi connectivity index (χ3v) is 2.66. The Hall–Kier alpha value is -1.30. The van der Waals surface area contributed by atoms with Crippen LogP contribution in [0.4, 0.5) is 0 Å². The Morgan fingerprint density at radius 3 is 2.88 bits per heavy atom. The minimum atomic E-state index is -0.0634. The fourth-order valence-electron chi connectivity index (χ4n) is 1.77. The predicted octanol–water partition coefficient (Wildman–Crippen LogP) is 0.0542. The number of hydrogen-bond donors (Lipinski definition) is 3. The van der Waals surface area contributed by atoms with Crippen molar-refractivity contribution in [2.24, 2.45) is 16.8 Å². The molecule has 1 fully saturated rings. The van der Waals surface area contributed by atoms with Gasteiger partial charge in [-0.3, -0.25) is 4.79 Å². The molecule has 0 bridgehead atoms. The van der Waals surface area contributed by atoms with Crippen molar-refractivity contribution in [2.75, 3.05) is 13.2 Å². The van der Waals surface area contributed by atoms with Crippen LogP contribution in [0.5, 0.6) is 0 Å². The minimum absolute atomic E-state index is 0.00847. The zero-order valence-corrected chi connectivity index (χ0v) is 9.48. The molecule has 0 aromatic heterocycles. The summed E-state index contributed by atoms with van der Waals surface area (Å²) in [4.78, 5) is 11.4. The van der Waals surface area contributed by atoms with Gasteiger partial charge in [0, 0.05) is 13.0 Å². The maximum atomic E-state index is 11.4. The number of carbonyl (C=O) groups excluding carboxylic acids is 1. The standard InChI is InChI=1S/C10H19N3O3/c1-2-16-8-3-7(4-8)5-10(14)12-6-9(11)13-15/h7-8,15H,2-6H2,1H3,(H2,11,13)(H,12,14). The van der Waals surface area contributed by atoms with Gasteiger partial charge < -0.3 is 21.0 Å². The number of hydrogen-bond acceptors (Lipinski definition) is 4. The SMILES string of the molecule is CCOC1CC(CC(=O)NCC(N)=NO)C1. The number of nitrogens with two attached hydrogens (primary N) is 1. The minimum Gasteiger partial charge on any atom is -0.409 e. The molecule has 92 valence electrons. The van der Waals surface area contributed by atoms with Gasteiger partial charge in [0.1, 0.15) is 0 Å². The van der Waals surface area contributed by atoms with Gasteiger partial charge in [-0.2, -0.15) is 0 Å². The van der Waals surface area contributed by atoms with Crippen molar-refractivity contribution in [1.82, 2.24) is 5.32 Å². The quantitative estimate of drug-likeness (QED) is 0.259. The molecular formula is C10H19N3O3. The molecule has 0 aromatic rings. The van der Waals surface area contributed by atoms with Crippen LogP contribution in [0.3, 0.4) is 0 Å². The van der Waals surface area contributed by atoms with Crippen LogP contribution in [0, 0.1) is 5.92 Å². The molecule has 0 radical (unpaired) electrons. The Balaban J connectivity index is 2.08. The summed E-state index contributed by atoms with van der Waals surface area (Å²) in [5, 5.41) is 13.6. The second kappa shape index (κ2) is 6.32. The van der Waals surface area contributed by atoms with Crippen molar-refractivity contribution in [1.29, 1.82) is 0 Å². The fourth-order valence-corrected chi connectivity index (χ4v) is 1.77. The first-order chi connectivity index (χ1) is 7.65. The van der Waals surface area contributed by atoms with Gasteiger partial charge in [-0.1, -0.05) is 5.16 Å². The average molecular weight is 229 g/mol.